The Morgan fingerprint density at radius 1 is 0.842 bits per heavy atom. The predicted octanol–water partition coefficient (Wildman–Crippen LogP) is 3.80. The number of esters is 2. The van der Waals surface area contributed by atoms with Crippen LogP contribution >= 0.6 is 0 Å². The van der Waals surface area contributed by atoms with Gasteiger partial charge >= 0.3 is 11.9 Å². The van der Waals surface area contributed by atoms with Crippen LogP contribution in [0.5, 0.6) is 5.75 Å². The molecular weight excluding hydrogens is 512 g/mol. The standard InChI is InChI=1S/C27H28N2O8S/c1-5-37-23-10-12-24(13-11-23)38(33,34)29(22-8-6-18(2)7-9-22)17-25(30)28-21-15-19(26(31)35-3)14-20(16-21)27(32)36-4/h6-16H,5,17H2,1-4H3,(H,28,30). The van der Waals surface area contributed by atoms with Gasteiger partial charge in [0.05, 0.1) is 42.5 Å². The number of rotatable bonds is 10. The summed E-state index contributed by atoms with van der Waals surface area (Å²) in [5, 5.41) is 2.56. The summed E-state index contributed by atoms with van der Waals surface area (Å²) in [5.41, 5.74) is 1.27. The lowest BCUT2D eigenvalue weighted by Crippen LogP contribution is -2.38. The fourth-order valence-electron chi connectivity index (χ4n) is 3.53. The van der Waals surface area contributed by atoms with E-state index in [2.05, 4.69) is 5.32 Å². The summed E-state index contributed by atoms with van der Waals surface area (Å²) in [6.45, 7) is 3.51. The lowest BCUT2D eigenvalue weighted by Gasteiger charge is -2.24. The number of sulfonamides is 1. The number of nitrogens with zero attached hydrogens (tertiary/aromatic N) is 1. The van der Waals surface area contributed by atoms with Gasteiger partial charge in [-0.05, 0) is 68.4 Å². The normalized spacial score (nSPS) is 10.8. The van der Waals surface area contributed by atoms with Crippen molar-refractivity contribution in [3.8, 4) is 5.75 Å². The van der Waals surface area contributed by atoms with E-state index in [9.17, 15) is 22.8 Å². The first kappa shape index (κ1) is 28.2. The number of aryl methyl sites for hydroxylation is 1. The zero-order valence-corrected chi connectivity index (χ0v) is 22.2. The summed E-state index contributed by atoms with van der Waals surface area (Å²) in [6, 6.07) is 16.4. The Hall–Kier alpha value is -4.38. The molecule has 10 nitrogen and oxygen atoms in total. The Labute approximate surface area is 221 Å². The van der Waals surface area contributed by atoms with E-state index in [-0.39, 0.29) is 27.4 Å². The molecule has 0 aromatic heterocycles. The van der Waals surface area contributed by atoms with Crippen LogP contribution in [-0.2, 0) is 24.3 Å². The molecule has 38 heavy (non-hydrogen) atoms. The molecule has 1 N–H and O–H groups in total. The number of hydrogen-bond acceptors (Lipinski definition) is 8. The van der Waals surface area contributed by atoms with E-state index in [0.717, 1.165) is 9.87 Å². The third-order valence-corrected chi connectivity index (χ3v) is 7.18. The van der Waals surface area contributed by atoms with Gasteiger partial charge < -0.3 is 19.5 Å². The number of hydrogen-bond donors (Lipinski definition) is 1. The van der Waals surface area contributed by atoms with E-state index >= 15 is 0 Å². The van der Waals surface area contributed by atoms with Crippen molar-refractivity contribution in [1.29, 1.82) is 0 Å². The first-order valence-corrected chi connectivity index (χ1v) is 13.0. The monoisotopic (exact) mass is 540 g/mol. The number of anilines is 2. The topological polar surface area (TPSA) is 128 Å². The van der Waals surface area contributed by atoms with Gasteiger partial charge in [-0.3, -0.25) is 9.10 Å². The number of benzene rings is 3. The smallest absolute Gasteiger partial charge is 0.337 e. The Morgan fingerprint density at radius 2 is 1.39 bits per heavy atom. The highest BCUT2D eigenvalue weighted by molar-refractivity contribution is 7.92. The van der Waals surface area contributed by atoms with E-state index in [1.54, 1.807) is 24.3 Å². The maximum absolute atomic E-state index is 13.6. The van der Waals surface area contributed by atoms with E-state index in [1.807, 2.05) is 13.8 Å². The summed E-state index contributed by atoms with van der Waals surface area (Å²) >= 11 is 0. The molecule has 0 radical (unpaired) electrons. The van der Waals surface area contributed by atoms with Crippen LogP contribution in [0.15, 0.2) is 71.6 Å². The quantitative estimate of drug-likeness (QED) is 0.385. The molecule has 0 aliphatic heterocycles. The van der Waals surface area contributed by atoms with Crippen LogP contribution in [0.1, 0.15) is 33.2 Å². The Morgan fingerprint density at radius 3 is 1.89 bits per heavy atom. The number of methoxy groups -OCH3 is 2. The Kier molecular flexibility index (Phi) is 9.08. The van der Waals surface area contributed by atoms with E-state index < -0.39 is 34.4 Å². The van der Waals surface area contributed by atoms with Crippen LogP contribution in [0.3, 0.4) is 0 Å². The van der Waals surface area contributed by atoms with Gasteiger partial charge in [-0.1, -0.05) is 17.7 Å². The Balaban J connectivity index is 1.96. The molecule has 0 aliphatic carbocycles. The summed E-state index contributed by atoms with van der Waals surface area (Å²) in [6.07, 6.45) is 0. The first-order valence-electron chi connectivity index (χ1n) is 11.5. The second-order valence-corrected chi connectivity index (χ2v) is 9.94. The van der Waals surface area contributed by atoms with Gasteiger partial charge in [-0.15, -0.1) is 0 Å². The van der Waals surface area contributed by atoms with Crippen LogP contribution < -0.4 is 14.4 Å². The Bertz CT molecular complexity index is 1380. The van der Waals surface area contributed by atoms with Crippen LogP contribution in [0, 0.1) is 6.92 Å². The first-order chi connectivity index (χ1) is 18.1. The minimum atomic E-state index is -4.17. The summed E-state index contributed by atoms with van der Waals surface area (Å²) in [7, 11) is -1.81. The van der Waals surface area contributed by atoms with Crippen molar-refractivity contribution in [2.45, 2.75) is 18.7 Å². The van der Waals surface area contributed by atoms with Gasteiger partial charge in [0.2, 0.25) is 5.91 Å². The van der Waals surface area contributed by atoms with E-state index in [4.69, 9.17) is 14.2 Å². The minimum absolute atomic E-state index is 0.00287. The van der Waals surface area contributed by atoms with Crippen molar-refractivity contribution in [3.05, 3.63) is 83.4 Å². The van der Waals surface area contributed by atoms with Gasteiger partial charge in [0.15, 0.2) is 0 Å². The van der Waals surface area contributed by atoms with Crippen molar-refractivity contribution >= 4 is 39.2 Å². The molecule has 0 saturated heterocycles. The van der Waals surface area contributed by atoms with Crippen LogP contribution in [-0.4, -0.2) is 53.6 Å². The minimum Gasteiger partial charge on any atom is -0.494 e. The van der Waals surface area contributed by atoms with Crippen LogP contribution in [0.2, 0.25) is 0 Å². The predicted molar refractivity (Wildman–Crippen MR) is 141 cm³/mol. The molecule has 3 rings (SSSR count). The fourth-order valence-corrected chi connectivity index (χ4v) is 4.95. The maximum atomic E-state index is 13.6. The molecule has 0 heterocycles. The van der Waals surface area contributed by atoms with Crippen molar-refractivity contribution in [2.24, 2.45) is 0 Å². The molecule has 1 amide bonds. The molecule has 0 aliphatic rings. The number of nitrogens with one attached hydrogen (secondary N) is 1. The summed E-state index contributed by atoms with van der Waals surface area (Å²) in [4.78, 5) is 37.2. The molecule has 0 fully saturated rings. The van der Waals surface area contributed by atoms with Gasteiger partial charge in [0, 0.05) is 5.69 Å². The van der Waals surface area contributed by atoms with E-state index in [1.165, 1.54) is 56.7 Å². The summed E-state index contributed by atoms with van der Waals surface area (Å²) < 4.78 is 43.0. The molecule has 0 unspecified atom stereocenters. The van der Waals surface area contributed by atoms with Crippen molar-refractivity contribution < 1.29 is 37.0 Å². The van der Waals surface area contributed by atoms with Crippen LogP contribution in [0.4, 0.5) is 11.4 Å². The molecular formula is C27H28N2O8S. The molecule has 200 valence electrons. The molecule has 0 saturated carbocycles. The average Bonchev–Trinajstić information content (AvgIpc) is 2.91. The number of ether oxygens (including phenoxy) is 3. The number of carbonyl (C=O) groups excluding carboxylic acids is 3. The van der Waals surface area contributed by atoms with Crippen molar-refractivity contribution in [3.63, 3.8) is 0 Å². The number of carbonyl (C=O) groups is 3. The lowest BCUT2D eigenvalue weighted by atomic mass is 10.1. The molecule has 3 aromatic rings. The zero-order valence-electron chi connectivity index (χ0n) is 21.4. The van der Waals surface area contributed by atoms with Gasteiger partial charge in [0.1, 0.15) is 12.3 Å². The average molecular weight is 541 g/mol. The molecule has 0 spiro atoms. The summed E-state index contributed by atoms with van der Waals surface area (Å²) in [5.74, 6) is -1.66. The molecule has 3 aromatic carbocycles. The number of amides is 1. The third-order valence-electron chi connectivity index (χ3n) is 5.39. The van der Waals surface area contributed by atoms with Crippen LogP contribution in [0.25, 0.3) is 0 Å². The SMILES string of the molecule is CCOc1ccc(S(=O)(=O)N(CC(=O)Nc2cc(C(=O)OC)cc(C(=O)OC)c2)c2ccc(C)cc2)cc1. The van der Waals surface area contributed by atoms with E-state index in [0.29, 0.717) is 12.4 Å². The van der Waals surface area contributed by atoms with Crippen molar-refractivity contribution in [2.75, 3.05) is 37.0 Å². The fraction of sp³-hybridized carbons (Fsp3) is 0.222. The molecule has 0 bridgehead atoms. The molecule has 0 atom stereocenters. The third kappa shape index (κ3) is 6.68. The van der Waals surface area contributed by atoms with Gasteiger partial charge in [-0.25, -0.2) is 18.0 Å². The highest BCUT2D eigenvalue weighted by Crippen LogP contribution is 2.26. The maximum Gasteiger partial charge on any atom is 0.337 e. The second-order valence-electron chi connectivity index (χ2n) is 8.08. The highest BCUT2D eigenvalue weighted by Gasteiger charge is 2.28. The zero-order chi connectivity index (χ0) is 27.9. The largest absolute Gasteiger partial charge is 0.494 e. The lowest BCUT2D eigenvalue weighted by molar-refractivity contribution is -0.114. The van der Waals surface area contributed by atoms with Gasteiger partial charge in [-0.2, -0.15) is 0 Å². The highest BCUT2D eigenvalue weighted by atomic mass is 32.2. The second kappa shape index (κ2) is 12.2. The van der Waals surface area contributed by atoms with Crippen molar-refractivity contribution in [1.82, 2.24) is 0 Å². The molecule has 11 heteroatoms. The van der Waals surface area contributed by atoms with Gasteiger partial charge in [0.25, 0.3) is 10.0 Å².